The van der Waals surface area contributed by atoms with Crippen LogP contribution in [-0.2, 0) is 4.79 Å². The summed E-state index contributed by atoms with van der Waals surface area (Å²) in [6.07, 6.45) is -0.275. The molecule has 0 saturated heterocycles. The van der Waals surface area contributed by atoms with Gasteiger partial charge in [-0.25, -0.2) is 13.2 Å². The van der Waals surface area contributed by atoms with E-state index in [9.17, 15) is 18.0 Å². The van der Waals surface area contributed by atoms with E-state index < -0.39 is 41.8 Å². The third-order valence-electron chi connectivity index (χ3n) is 2.20. The third-order valence-corrected chi connectivity index (χ3v) is 2.20. The van der Waals surface area contributed by atoms with Crippen molar-refractivity contribution in [3.8, 4) is 5.75 Å². The van der Waals surface area contributed by atoms with Gasteiger partial charge in [-0.1, -0.05) is 0 Å². The summed E-state index contributed by atoms with van der Waals surface area (Å²) in [5.41, 5.74) is -1.13. The smallest absolute Gasteiger partial charge is 0.488 e. The summed E-state index contributed by atoms with van der Waals surface area (Å²) >= 11 is 0. The predicted octanol–water partition coefficient (Wildman–Crippen LogP) is 0.0273. The van der Waals surface area contributed by atoms with Crippen molar-refractivity contribution in [3.63, 3.8) is 0 Å². The molecule has 9 heteroatoms. The van der Waals surface area contributed by atoms with Crippen LogP contribution < -0.4 is 10.2 Å². The molecule has 0 radical (unpaired) electrons. The summed E-state index contributed by atoms with van der Waals surface area (Å²) in [6, 6.07) is 0.254. The van der Waals surface area contributed by atoms with Crippen LogP contribution in [0.2, 0.25) is 0 Å². The van der Waals surface area contributed by atoms with Crippen LogP contribution in [0.3, 0.4) is 0 Å². The molecule has 5 nitrogen and oxygen atoms in total. The van der Waals surface area contributed by atoms with E-state index in [1.54, 1.807) is 0 Å². The Bertz CT molecular complexity index is 481. The van der Waals surface area contributed by atoms with Gasteiger partial charge in [-0.05, 0) is 6.42 Å². The fourth-order valence-electron chi connectivity index (χ4n) is 1.35. The van der Waals surface area contributed by atoms with Crippen molar-refractivity contribution in [3.05, 3.63) is 23.5 Å². The highest BCUT2D eigenvalue weighted by Crippen LogP contribution is 2.22. The molecule has 0 aliphatic carbocycles. The van der Waals surface area contributed by atoms with Crippen molar-refractivity contribution < 1.29 is 37.9 Å². The van der Waals surface area contributed by atoms with E-state index in [0.717, 1.165) is 0 Å². The Hall–Kier alpha value is -1.74. The normalized spacial score (nSPS) is 10.4. The maximum atomic E-state index is 13.6. The number of carbonyl (C=O) groups is 1. The molecule has 0 bridgehead atoms. The lowest BCUT2D eigenvalue weighted by molar-refractivity contribution is -0.137. The van der Waals surface area contributed by atoms with Crippen molar-refractivity contribution in [1.82, 2.24) is 0 Å². The van der Waals surface area contributed by atoms with Gasteiger partial charge in [0, 0.05) is 12.5 Å². The first kappa shape index (κ1) is 15.3. The summed E-state index contributed by atoms with van der Waals surface area (Å²) in [6.45, 7) is -0.313. The molecule has 1 rings (SSSR count). The number of benzene rings is 1. The lowest BCUT2D eigenvalue weighted by Crippen LogP contribution is -2.36. The fraction of sp³-hybridized carbons (Fsp3) is 0.300. The SMILES string of the molecule is O=C(O)CCCOc1c(F)cc(F)c(B(O)O)c1F. The second-order valence-corrected chi connectivity index (χ2v) is 3.62. The Labute approximate surface area is 106 Å². The third kappa shape index (κ3) is 3.86. The Kier molecular flexibility index (Phi) is 5.19. The van der Waals surface area contributed by atoms with Gasteiger partial charge < -0.3 is 19.9 Å². The predicted molar refractivity (Wildman–Crippen MR) is 58.5 cm³/mol. The lowest BCUT2D eigenvalue weighted by Gasteiger charge is -2.11. The van der Waals surface area contributed by atoms with Crippen LogP contribution in [0.25, 0.3) is 0 Å². The van der Waals surface area contributed by atoms with Gasteiger partial charge in [0.25, 0.3) is 0 Å². The molecule has 1 aromatic rings. The van der Waals surface area contributed by atoms with Gasteiger partial charge in [0.1, 0.15) is 5.82 Å². The first-order chi connectivity index (χ1) is 8.84. The van der Waals surface area contributed by atoms with Crippen molar-refractivity contribution in [2.24, 2.45) is 0 Å². The van der Waals surface area contributed by atoms with Crippen LogP contribution in [0.1, 0.15) is 12.8 Å². The minimum Gasteiger partial charge on any atom is -0.488 e. The molecule has 0 fully saturated rings. The molecular formula is C10H10BF3O5. The number of ether oxygens (including phenoxy) is 1. The van der Waals surface area contributed by atoms with Crippen molar-refractivity contribution in [2.75, 3.05) is 6.61 Å². The molecule has 0 heterocycles. The minimum absolute atomic E-state index is 0.0113. The molecule has 0 aromatic heterocycles. The highest BCUT2D eigenvalue weighted by Gasteiger charge is 2.27. The fourth-order valence-corrected chi connectivity index (χ4v) is 1.35. The maximum Gasteiger partial charge on any atom is 0.494 e. The molecule has 0 atom stereocenters. The Balaban J connectivity index is 2.88. The number of carboxylic acids is 1. The first-order valence-electron chi connectivity index (χ1n) is 5.22. The van der Waals surface area contributed by atoms with Crippen molar-refractivity contribution in [2.45, 2.75) is 12.8 Å². The zero-order valence-electron chi connectivity index (χ0n) is 9.57. The monoisotopic (exact) mass is 278 g/mol. The summed E-state index contributed by atoms with van der Waals surface area (Å²) in [5, 5.41) is 25.9. The number of halogens is 3. The Morgan fingerprint density at radius 1 is 1.26 bits per heavy atom. The van der Waals surface area contributed by atoms with E-state index in [4.69, 9.17) is 15.2 Å². The van der Waals surface area contributed by atoms with Gasteiger partial charge >= 0.3 is 13.1 Å². The Morgan fingerprint density at radius 3 is 2.42 bits per heavy atom. The van der Waals surface area contributed by atoms with Gasteiger partial charge in [0.05, 0.1) is 12.1 Å². The molecule has 104 valence electrons. The number of hydrogen-bond donors (Lipinski definition) is 3. The molecule has 0 saturated carbocycles. The molecule has 0 aliphatic heterocycles. The molecule has 0 aliphatic rings. The summed E-state index contributed by atoms with van der Waals surface area (Å²) < 4.78 is 44.6. The quantitative estimate of drug-likeness (QED) is 0.504. The first-order valence-corrected chi connectivity index (χ1v) is 5.22. The molecule has 0 unspecified atom stereocenters. The van der Waals surface area contributed by atoms with E-state index in [0.29, 0.717) is 0 Å². The molecular weight excluding hydrogens is 268 g/mol. The van der Waals surface area contributed by atoms with Crippen molar-refractivity contribution in [1.29, 1.82) is 0 Å². The van der Waals surface area contributed by atoms with Gasteiger partial charge in [0.15, 0.2) is 17.4 Å². The largest absolute Gasteiger partial charge is 0.494 e. The van der Waals surface area contributed by atoms with E-state index in [1.807, 2.05) is 0 Å². The van der Waals surface area contributed by atoms with Gasteiger partial charge in [0.2, 0.25) is 0 Å². The number of rotatable bonds is 6. The molecule has 0 amide bonds. The maximum absolute atomic E-state index is 13.6. The summed E-state index contributed by atoms with van der Waals surface area (Å²) in [7, 11) is -2.46. The van der Waals surface area contributed by atoms with Crippen LogP contribution in [0.15, 0.2) is 6.07 Å². The molecule has 19 heavy (non-hydrogen) atoms. The van der Waals surface area contributed by atoms with E-state index >= 15 is 0 Å². The number of hydrogen-bond acceptors (Lipinski definition) is 4. The standard InChI is InChI=1S/C10H10BF3O5/c12-5-4-6(13)10(9(14)8(5)11(17)18)19-3-1-2-7(15)16/h4,17-18H,1-3H2,(H,15,16). The van der Waals surface area contributed by atoms with E-state index in [2.05, 4.69) is 4.74 Å². The van der Waals surface area contributed by atoms with Gasteiger partial charge in [-0.2, -0.15) is 0 Å². The molecule has 3 N–H and O–H groups in total. The minimum atomic E-state index is -2.46. The van der Waals surface area contributed by atoms with E-state index in [1.165, 1.54) is 0 Å². The highest BCUT2D eigenvalue weighted by molar-refractivity contribution is 6.58. The second kappa shape index (κ2) is 6.44. The average Bonchev–Trinajstić information content (AvgIpc) is 2.26. The van der Waals surface area contributed by atoms with Crippen molar-refractivity contribution >= 4 is 18.6 Å². The van der Waals surface area contributed by atoms with Crippen LogP contribution in [0.5, 0.6) is 5.75 Å². The lowest BCUT2D eigenvalue weighted by atomic mass is 9.79. The summed E-state index contributed by atoms with van der Waals surface area (Å²) in [5.74, 6) is -6.45. The van der Waals surface area contributed by atoms with Gasteiger partial charge in [-0.3, -0.25) is 4.79 Å². The van der Waals surface area contributed by atoms with Crippen LogP contribution in [0.4, 0.5) is 13.2 Å². The van der Waals surface area contributed by atoms with Crippen LogP contribution in [0, 0.1) is 17.5 Å². The second-order valence-electron chi connectivity index (χ2n) is 3.62. The topological polar surface area (TPSA) is 87.0 Å². The van der Waals surface area contributed by atoms with E-state index in [-0.39, 0.29) is 25.5 Å². The molecule has 1 aromatic carbocycles. The Morgan fingerprint density at radius 2 is 1.89 bits per heavy atom. The summed E-state index contributed by atoms with van der Waals surface area (Å²) in [4.78, 5) is 10.2. The zero-order valence-corrected chi connectivity index (χ0v) is 9.57. The van der Waals surface area contributed by atoms with Crippen LogP contribution in [-0.4, -0.2) is 34.8 Å². The zero-order chi connectivity index (χ0) is 14.6. The number of carboxylic acid groups (broad SMARTS) is 1. The molecule has 0 spiro atoms. The number of aliphatic carboxylic acids is 1. The van der Waals surface area contributed by atoms with Crippen LogP contribution >= 0.6 is 0 Å². The van der Waals surface area contributed by atoms with Gasteiger partial charge in [-0.15, -0.1) is 0 Å². The average molecular weight is 278 g/mol. The highest BCUT2D eigenvalue weighted by atomic mass is 19.1.